The highest BCUT2D eigenvalue weighted by atomic mass is 32.2. The van der Waals surface area contributed by atoms with Gasteiger partial charge in [0.05, 0.1) is 10.9 Å². The number of nitrogens with one attached hydrogen (secondary N) is 2. The Hall–Kier alpha value is -1.74. The van der Waals surface area contributed by atoms with Crippen molar-refractivity contribution in [1.29, 1.82) is 0 Å². The third kappa shape index (κ3) is 4.91. The lowest BCUT2D eigenvalue weighted by atomic mass is 10.1. The molecule has 0 saturated heterocycles. The molecule has 8 heteroatoms. The van der Waals surface area contributed by atoms with Crippen LogP contribution in [-0.4, -0.2) is 45.9 Å². The van der Waals surface area contributed by atoms with Crippen molar-refractivity contribution in [3.63, 3.8) is 0 Å². The molecule has 1 aromatic heterocycles. The van der Waals surface area contributed by atoms with Crippen molar-refractivity contribution in [2.45, 2.75) is 24.8 Å². The molecule has 2 aromatic rings. The van der Waals surface area contributed by atoms with Gasteiger partial charge < -0.3 is 5.32 Å². The molecule has 6 nitrogen and oxygen atoms in total. The predicted octanol–water partition coefficient (Wildman–Crippen LogP) is 2.47. The van der Waals surface area contributed by atoms with Gasteiger partial charge in [-0.1, -0.05) is 13.8 Å². The first-order chi connectivity index (χ1) is 12.4. The van der Waals surface area contributed by atoms with Crippen LogP contribution in [0.2, 0.25) is 0 Å². The van der Waals surface area contributed by atoms with E-state index >= 15 is 0 Å². The van der Waals surface area contributed by atoms with Crippen molar-refractivity contribution in [3.8, 4) is 0 Å². The molecule has 0 aliphatic heterocycles. The van der Waals surface area contributed by atoms with Gasteiger partial charge in [-0.05, 0) is 66.8 Å². The maximum absolute atomic E-state index is 12.5. The summed E-state index contributed by atoms with van der Waals surface area (Å²) in [4.78, 5) is 14.9. The first kappa shape index (κ1) is 20.6. The number of likely N-dealkylation sites (N-methyl/N-ethyl adjacent to an activating group) is 1. The second kappa shape index (κ2) is 9.27. The minimum atomic E-state index is -3.50. The van der Waals surface area contributed by atoms with E-state index in [2.05, 4.69) is 40.2 Å². The number of thiophene rings is 1. The summed E-state index contributed by atoms with van der Waals surface area (Å²) >= 11 is 1.64. The standard InChI is InChI=1S/C18H25N3O3S2/c1-4-21(5-2)17(15-10-11-25-13-15)12-20-18(22)14-6-8-16(9-7-14)26(23,24)19-3/h6-11,13,17,19H,4-5,12H2,1-3H3,(H,20,22). The Kier molecular flexibility index (Phi) is 7.33. The molecule has 0 saturated carbocycles. The van der Waals surface area contributed by atoms with Crippen molar-refractivity contribution in [2.24, 2.45) is 0 Å². The van der Waals surface area contributed by atoms with E-state index in [1.165, 1.54) is 36.9 Å². The van der Waals surface area contributed by atoms with E-state index in [1.54, 1.807) is 11.3 Å². The van der Waals surface area contributed by atoms with Crippen LogP contribution in [0.4, 0.5) is 0 Å². The van der Waals surface area contributed by atoms with Crippen molar-refractivity contribution >= 4 is 27.3 Å². The number of amides is 1. The first-order valence-corrected chi connectivity index (χ1v) is 10.9. The van der Waals surface area contributed by atoms with Gasteiger partial charge in [0, 0.05) is 12.1 Å². The van der Waals surface area contributed by atoms with Crippen molar-refractivity contribution < 1.29 is 13.2 Å². The topological polar surface area (TPSA) is 78.5 Å². The summed E-state index contributed by atoms with van der Waals surface area (Å²) in [6.07, 6.45) is 0. The lowest BCUT2D eigenvalue weighted by Crippen LogP contribution is -2.37. The zero-order chi connectivity index (χ0) is 19.2. The first-order valence-electron chi connectivity index (χ1n) is 8.50. The van der Waals surface area contributed by atoms with Crippen LogP contribution in [0.1, 0.15) is 35.8 Å². The quantitative estimate of drug-likeness (QED) is 0.684. The molecule has 0 spiro atoms. The monoisotopic (exact) mass is 395 g/mol. The van der Waals surface area contributed by atoms with Crippen molar-refractivity contribution in [3.05, 3.63) is 52.2 Å². The van der Waals surface area contributed by atoms with Crippen LogP contribution in [0.5, 0.6) is 0 Å². The molecule has 1 atom stereocenters. The Bertz CT molecular complexity index is 799. The number of hydrogen-bond donors (Lipinski definition) is 2. The highest BCUT2D eigenvalue weighted by molar-refractivity contribution is 7.89. The van der Waals surface area contributed by atoms with E-state index in [9.17, 15) is 13.2 Å². The van der Waals surface area contributed by atoms with Gasteiger partial charge in [0.15, 0.2) is 0 Å². The molecule has 1 amide bonds. The molecule has 0 radical (unpaired) electrons. The van der Waals surface area contributed by atoms with Gasteiger partial charge in [0.25, 0.3) is 5.91 Å². The van der Waals surface area contributed by atoms with E-state index in [-0.39, 0.29) is 16.8 Å². The number of carbonyl (C=O) groups is 1. The summed E-state index contributed by atoms with van der Waals surface area (Å²) in [6.45, 7) is 6.48. The summed E-state index contributed by atoms with van der Waals surface area (Å²) in [5.74, 6) is -0.217. The fourth-order valence-electron chi connectivity index (χ4n) is 2.78. The van der Waals surface area contributed by atoms with Crippen LogP contribution >= 0.6 is 11.3 Å². The number of sulfonamides is 1. The van der Waals surface area contributed by atoms with Gasteiger partial charge in [-0.15, -0.1) is 0 Å². The van der Waals surface area contributed by atoms with Crippen LogP contribution in [0.3, 0.4) is 0 Å². The fourth-order valence-corrected chi connectivity index (χ4v) is 4.22. The summed E-state index contributed by atoms with van der Waals surface area (Å²) in [5, 5.41) is 7.11. The number of nitrogens with zero attached hydrogens (tertiary/aromatic N) is 1. The van der Waals surface area contributed by atoms with Gasteiger partial charge in [0.1, 0.15) is 0 Å². The van der Waals surface area contributed by atoms with E-state index in [0.29, 0.717) is 12.1 Å². The third-order valence-corrected chi connectivity index (χ3v) is 6.46. The Balaban J connectivity index is 2.08. The summed E-state index contributed by atoms with van der Waals surface area (Å²) in [5.41, 5.74) is 1.62. The van der Waals surface area contributed by atoms with Crippen LogP contribution in [-0.2, 0) is 10.0 Å². The summed E-state index contributed by atoms with van der Waals surface area (Å²) in [6, 6.07) is 8.11. The van der Waals surface area contributed by atoms with Gasteiger partial charge in [-0.2, -0.15) is 11.3 Å². The molecule has 0 aliphatic rings. The normalized spacial score (nSPS) is 12.9. The van der Waals surface area contributed by atoms with E-state index in [4.69, 9.17) is 0 Å². The average molecular weight is 396 g/mol. The van der Waals surface area contributed by atoms with Gasteiger partial charge in [0.2, 0.25) is 10.0 Å². The Morgan fingerprint density at radius 3 is 2.31 bits per heavy atom. The smallest absolute Gasteiger partial charge is 0.251 e. The molecule has 26 heavy (non-hydrogen) atoms. The van der Waals surface area contributed by atoms with Gasteiger partial charge >= 0.3 is 0 Å². The molecule has 2 N–H and O–H groups in total. The number of benzene rings is 1. The molecular weight excluding hydrogens is 370 g/mol. The van der Waals surface area contributed by atoms with Crippen molar-refractivity contribution in [1.82, 2.24) is 14.9 Å². The molecular formula is C18H25N3O3S2. The molecule has 142 valence electrons. The van der Waals surface area contributed by atoms with Crippen LogP contribution < -0.4 is 10.0 Å². The minimum absolute atomic E-state index is 0.115. The van der Waals surface area contributed by atoms with Crippen LogP contribution in [0.15, 0.2) is 46.0 Å². The third-order valence-electron chi connectivity index (χ3n) is 4.33. The second-order valence-electron chi connectivity index (χ2n) is 5.74. The maximum Gasteiger partial charge on any atom is 0.251 e. The molecule has 1 unspecified atom stereocenters. The zero-order valence-corrected chi connectivity index (χ0v) is 16.9. The number of rotatable bonds is 9. The van der Waals surface area contributed by atoms with Crippen molar-refractivity contribution in [2.75, 3.05) is 26.7 Å². The molecule has 2 rings (SSSR count). The summed E-state index contributed by atoms with van der Waals surface area (Å²) < 4.78 is 25.8. The van der Waals surface area contributed by atoms with Gasteiger partial charge in [-0.3, -0.25) is 9.69 Å². The lowest BCUT2D eigenvalue weighted by molar-refractivity contribution is 0.0935. The summed E-state index contributed by atoms with van der Waals surface area (Å²) in [7, 11) is -2.15. The molecule has 1 aromatic carbocycles. The largest absolute Gasteiger partial charge is 0.350 e. The Morgan fingerprint density at radius 1 is 1.15 bits per heavy atom. The van der Waals surface area contributed by atoms with E-state index in [0.717, 1.165) is 13.1 Å². The minimum Gasteiger partial charge on any atom is -0.350 e. The highest BCUT2D eigenvalue weighted by Crippen LogP contribution is 2.22. The van der Waals surface area contributed by atoms with Gasteiger partial charge in [-0.25, -0.2) is 13.1 Å². The SMILES string of the molecule is CCN(CC)C(CNC(=O)c1ccc(S(=O)(=O)NC)cc1)c1ccsc1. The molecule has 1 heterocycles. The predicted molar refractivity (Wildman–Crippen MR) is 105 cm³/mol. The zero-order valence-electron chi connectivity index (χ0n) is 15.2. The molecule has 0 aliphatic carbocycles. The van der Waals surface area contributed by atoms with Crippen LogP contribution in [0, 0.1) is 0 Å². The fraction of sp³-hybridized carbons (Fsp3) is 0.389. The average Bonchev–Trinajstić information content (AvgIpc) is 3.19. The van der Waals surface area contributed by atoms with Crippen LogP contribution in [0.25, 0.3) is 0 Å². The molecule has 0 bridgehead atoms. The number of hydrogen-bond acceptors (Lipinski definition) is 5. The Labute approximate surface area is 159 Å². The van der Waals surface area contributed by atoms with E-state index in [1.807, 2.05) is 5.38 Å². The highest BCUT2D eigenvalue weighted by Gasteiger charge is 2.20. The molecule has 0 fully saturated rings. The maximum atomic E-state index is 12.5. The number of carbonyl (C=O) groups excluding carboxylic acids is 1. The Morgan fingerprint density at radius 2 is 1.81 bits per heavy atom. The lowest BCUT2D eigenvalue weighted by Gasteiger charge is -2.29. The van der Waals surface area contributed by atoms with E-state index < -0.39 is 10.0 Å². The second-order valence-corrected chi connectivity index (χ2v) is 8.40.